The minimum absolute atomic E-state index is 0. The van der Waals surface area contributed by atoms with E-state index < -0.39 is 12.1 Å². The Morgan fingerprint density at radius 2 is 1.71 bits per heavy atom. The van der Waals surface area contributed by atoms with Crippen LogP contribution in [-0.4, -0.2) is 28.7 Å². The van der Waals surface area contributed by atoms with Crippen molar-refractivity contribution in [3.8, 4) is 0 Å². The van der Waals surface area contributed by atoms with Crippen molar-refractivity contribution < 1.29 is 14.3 Å². The van der Waals surface area contributed by atoms with E-state index in [4.69, 9.17) is 5.73 Å². The molecule has 2 aromatic carbocycles. The molecular weight excluding hydrogens is 379 g/mol. The number of aryl methyl sites for hydroxylation is 1. The molecule has 0 saturated carbocycles. The summed E-state index contributed by atoms with van der Waals surface area (Å²) in [6.07, 6.45) is -0.444. The molecule has 4 N–H and O–H groups in total. The Kier molecular flexibility index (Phi) is 8.61. The summed E-state index contributed by atoms with van der Waals surface area (Å²) in [6.45, 7) is 7.62. The number of nitrogens with two attached hydrogens (primary N) is 1. The van der Waals surface area contributed by atoms with Gasteiger partial charge < -0.3 is 16.2 Å². The van der Waals surface area contributed by atoms with Crippen LogP contribution in [0.4, 0.5) is 4.39 Å². The largest absolute Gasteiger partial charge is 0.391 e. The van der Waals surface area contributed by atoms with Crippen molar-refractivity contribution in [1.29, 1.82) is 0 Å². The highest BCUT2D eigenvalue weighted by molar-refractivity contribution is 5.97. The number of hydrogen-bond donors (Lipinski definition) is 3. The highest BCUT2D eigenvalue weighted by atomic mass is 35.5. The standard InChI is InChI=1S/C22H29FN2O2.ClH/c1-14-8-7-10-16(20(14)21(27)25-22(2,3)4)13-19(26)18(24)12-15-9-5-6-11-17(15)23;/h5-11,18-19,26H,12-13,24H2,1-4H3,(H,25,27);1H/t18-,19+;/m1./s1. The third-order valence-corrected chi connectivity index (χ3v) is 4.41. The first-order chi connectivity index (χ1) is 12.6. The van der Waals surface area contributed by atoms with Gasteiger partial charge in [0.25, 0.3) is 5.91 Å². The van der Waals surface area contributed by atoms with E-state index in [1.807, 2.05) is 45.9 Å². The van der Waals surface area contributed by atoms with Crippen LogP contribution in [0.15, 0.2) is 42.5 Å². The van der Waals surface area contributed by atoms with Gasteiger partial charge in [-0.1, -0.05) is 36.4 Å². The minimum atomic E-state index is -0.896. The number of carbonyl (C=O) groups is 1. The molecule has 0 spiro atoms. The van der Waals surface area contributed by atoms with Crippen molar-refractivity contribution in [3.63, 3.8) is 0 Å². The molecule has 4 nitrogen and oxygen atoms in total. The first-order valence-electron chi connectivity index (χ1n) is 9.16. The Labute approximate surface area is 172 Å². The molecule has 0 heterocycles. The van der Waals surface area contributed by atoms with Crippen LogP contribution in [0.5, 0.6) is 0 Å². The Morgan fingerprint density at radius 1 is 1.11 bits per heavy atom. The number of benzene rings is 2. The van der Waals surface area contributed by atoms with E-state index in [0.717, 1.165) is 11.1 Å². The summed E-state index contributed by atoms with van der Waals surface area (Å²) in [5.74, 6) is -0.508. The van der Waals surface area contributed by atoms with Gasteiger partial charge in [0.1, 0.15) is 5.82 Å². The smallest absolute Gasteiger partial charge is 0.252 e. The van der Waals surface area contributed by atoms with Crippen LogP contribution in [0.3, 0.4) is 0 Å². The van der Waals surface area contributed by atoms with Crippen molar-refractivity contribution in [3.05, 3.63) is 70.5 Å². The maximum absolute atomic E-state index is 13.8. The number of amides is 1. The fourth-order valence-electron chi connectivity index (χ4n) is 3.06. The Hall–Kier alpha value is -1.95. The molecule has 0 radical (unpaired) electrons. The molecule has 2 atom stereocenters. The normalized spacial score (nSPS) is 13.4. The number of nitrogens with one attached hydrogen (secondary N) is 1. The quantitative estimate of drug-likeness (QED) is 0.684. The van der Waals surface area contributed by atoms with Gasteiger partial charge >= 0.3 is 0 Å². The summed E-state index contributed by atoms with van der Waals surface area (Å²) >= 11 is 0. The van der Waals surface area contributed by atoms with E-state index in [-0.39, 0.29) is 42.5 Å². The van der Waals surface area contributed by atoms with Gasteiger partial charge in [-0.2, -0.15) is 0 Å². The van der Waals surface area contributed by atoms with Gasteiger partial charge in [0, 0.05) is 23.6 Å². The Bertz CT molecular complexity index is 805. The molecule has 6 heteroatoms. The van der Waals surface area contributed by atoms with Gasteiger partial charge in [0.2, 0.25) is 0 Å². The van der Waals surface area contributed by atoms with Crippen molar-refractivity contribution >= 4 is 18.3 Å². The van der Waals surface area contributed by atoms with Crippen molar-refractivity contribution in [2.75, 3.05) is 0 Å². The first-order valence-corrected chi connectivity index (χ1v) is 9.16. The summed E-state index contributed by atoms with van der Waals surface area (Å²) in [6, 6.07) is 11.3. The van der Waals surface area contributed by atoms with Crippen molar-refractivity contribution in [1.82, 2.24) is 5.32 Å². The summed E-state index contributed by atoms with van der Waals surface area (Å²) in [4.78, 5) is 12.7. The molecule has 0 aliphatic heterocycles. The number of aliphatic hydroxyl groups is 1. The SMILES string of the molecule is Cc1cccc(C[C@H](O)[C@H](N)Cc2ccccc2F)c1C(=O)NC(C)(C)C.Cl. The zero-order chi connectivity index (χ0) is 20.2. The van der Waals surface area contributed by atoms with Crippen LogP contribution >= 0.6 is 12.4 Å². The van der Waals surface area contributed by atoms with Crippen LogP contribution < -0.4 is 11.1 Å². The average Bonchev–Trinajstić information content (AvgIpc) is 2.55. The molecule has 1 amide bonds. The average molecular weight is 409 g/mol. The second-order valence-corrected chi connectivity index (χ2v) is 8.04. The summed E-state index contributed by atoms with van der Waals surface area (Å²) < 4.78 is 13.8. The lowest BCUT2D eigenvalue weighted by Crippen LogP contribution is -2.42. The molecular formula is C22H30ClFN2O2. The predicted octanol–water partition coefficient (Wildman–Crippen LogP) is 3.56. The highest BCUT2D eigenvalue weighted by Gasteiger charge is 2.23. The van der Waals surface area contributed by atoms with Crippen molar-refractivity contribution in [2.45, 2.75) is 58.2 Å². The Balaban J connectivity index is 0.00000392. The molecule has 0 aliphatic rings. The molecule has 154 valence electrons. The lowest BCUT2D eigenvalue weighted by atomic mass is 9.92. The highest BCUT2D eigenvalue weighted by Crippen LogP contribution is 2.19. The monoisotopic (exact) mass is 408 g/mol. The number of hydrogen-bond acceptors (Lipinski definition) is 3. The van der Waals surface area contributed by atoms with Gasteiger partial charge in [0.05, 0.1) is 6.10 Å². The van der Waals surface area contributed by atoms with Gasteiger partial charge in [0.15, 0.2) is 0 Å². The number of rotatable bonds is 6. The predicted molar refractivity (Wildman–Crippen MR) is 113 cm³/mol. The lowest BCUT2D eigenvalue weighted by Gasteiger charge is -2.24. The molecule has 0 fully saturated rings. The molecule has 0 aromatic heterocycles. The fraction of sp³-hybridized carbons (Fsp3) is 0.409. The molecule has 0 saturated heterocycles. The fourth-order valence-corrected chi connectivity index (χ4v) is 3.06. The summed E-state index contributed by atoms with van der Waals surface area (Å²) in [7, 11) is 0. The van der Waals surface area contributed by atoms with E-state index in [0.29, 0.717) is 11.1 Å². The molecule has 2 aromatic rings. The molecule has 0 bridgehead atoms. The first kappa shape index (κ1) is 24.1. The van der Waals surface area contributed by atoms with Crippen LogP contribution in [0, 0.1) is 12.7 Å². The second-order valence-electron chi connectivity index (χ2n) is 8.04. The summed E-state index contributed by atoms with van der Waals surface area (Å²) in [5.41, 5.74) is 8.35. The van der Waals surface area contributed by atoms with Crippen LogP contribution in [0.1, 0.15) is 47.8 Å². The van der Waals surface area contributed by atoms with E-state index in [1.165, 1.54) is 6.07 Å². The van der Waals surface area contributed by atoms with E-state index in [9.17, 15) is 14.3 Å². The molecule has 28 heavy (non-hydrogen) atoms. The van der Waals surface area contributed by atoms with Crippen molar-refractivity contribution in [2.24, 2.45) is 5.73 Å². The molecule has 2 rings (SSSR count). The van der Waals surface area contributed by atoms with Gasteiger partial charge in [-0.15, -0.1) is 12.4 Å². The third kappa shape index (κ3) is 6.59. The van der Waals surface area contributed by atoms with Gasteiger partial charge in [-0.25, -0.2) is 4.39 Å². The third-order valence-electron chi connectivity index (χ3n) is 4.41. The zero-order valence-electron chi connectivity index (χ0n) is 16.8. The maximum atomic E-state index is 13.8. The van der Waals surface area contributed by atoms with Crippen LogP contribution in [0.2, 0.25) is 0 Å². The molecule has 0 aliphatic carbocycles. The zero-order valence-corrected chi connectivity index (χ0v) is 17.6. The van der Waals surface area contributed by atoms with Crippen LogP contribution in [-0.2, 0) is 12.8 Å². The van der Waals surface area contributed by atoms with E-state index in [1.54, 1.807) is 18.2 Å². The number of carbonyl (C=O) groups excluding carboxylic acids is 1. The van der Waals surface area contributed by atoms with Crippen LogP contribution in [0.25, 0.3) is 0 Å². The summed E-state index contributed by atoms with van der Waals surface area (Å²) in [5, 5.41) is 13.5. The van der Waals surface area contributed by atoms with E-state index >= 15 is 0 Å². The maximum Gasteiger partial charge on any atom is 0.252 e. The Morgan fingerprint density at radius 3 is 2.32 bits per heavy atom. The second kappa shape index (κ2) is 10.0. The van der Waals surface area contributed by atoms with Gasteiger partial charge in [-0.3, -0.25) is 4.79 Å². The minimum Gasteiger partial charge on any atom is -0.391 e. The van der Waals surface area contributed by atoms with E-state index in [2.05, 4.69) is 5.32 Å². The van der Waals surface area contributed by atoms with Gasteiger partial charge in [-0.05, 0) is 56.9 Å². The lowest BCUT2D eigenvalue weighted by molar-refractivity contribution is 0.0916. The number of aliphatic hydroxyl groups excluding tert-OH is 1. The topological polar surface area (TPSA) is 75.3 Å². The number of halogens is 2. The molecule has 0 unspecified atom stereocenters.